The predicted octanol–water partition coefficient (Wildman–Crippen LogP) is 2.73. The van der Waals surface area contributed by atoms with Crippen molar-refractivity contribution in [1.29, 1.82) is 0 Å². The van der Waals surface area contributed by atoms with Gasteiger partial charge >= 0.3 is 0 Å². The number of anilines is 1. The molecule has 0 fully saturated rings. The van der Waals surface area contributed by atoms with Gasteiger partial charge in [0, 0.05) is 11.6 Å². The summed E-state index contributed by atoms with van der Waals surface area (Å²) < 4.78 is 5.23. The Morgan fingerprint density at radius 3 is 2.61 bits per heavy atom. The van der Waals surface area contributed by atoms with Crippen molar-refractivity contribution < 1.29 is 9.53 Å². The van der Waals surface area contributed by atoms with Gasteiger partial charge in [-0.15, -0.1) is 0 Å². The number of rotatable bonds is 4. The van der Waals surface area contributed by atoms with Crippen LogP contribution in [0.15, 0.2) is 48.7 Å². The highest BCUT2D eigenvalue weighted by molar-refractivity contribution is 6.04. The smallest absolute Gasteiger partial charge is 0.255 e. The molecule has 0 bridgehead atoms. The normalized spacial score (nSPS) is 9.83. The molecule has 0 saturated carbocycles. The summed E-state index contributed by atoms with van der Waals surface area (Å²) in [5, 5.41) is 2.77. The Morgan fingerprint density at radius 2 is 2.00 bits per heavy atom. The van der Waals surface area contributed by atoms with Crippen LogP contribution in [0.2, 0.25) is 0 Å². The van der Waals surface area contributed by atoms with Crippen molar-refractivity contribution in [3.63, 3.8) is 0 Å². The lowest BCUT2D eigenvalue weighted by molar-refractivity contribution is 0.102. The lowest BCUT2D eigenvalue weighted by atomic mass is 10.2. The topological polar surface area (TPSA) is 51.2 Å². The second-order valence-electron chi connectivity index (χ2n) is 3.64. The molecule has 0 spiro atoms. The molecule has 0 unspecified atom stereocenters. The van der Waals surface area contributed by atoms with Gasteiger partial charge in [-0.3, -0.25) is 4.79 Å². The monoisotopic (exact) mass is 242 g/mol. The second kappa shape index (κ2) is 5.82. The maximum atomic E-state index is 11.9. The number of nitrogens with one attached hydrogen (secondary N) is 1. The number of hydrogen-bond acceptors (Lipinski definition) is 3. The van der Waals surface area contributed by atoms with E-state index in [9.17, 15) is 4.79 Å². The van der Waals surface area contributed by atoms with E-state index >= 15 is 0 Å². The summed E-state index contributed by atoms with van der Waals surface area (Å²) in [7, 11) is 0. The average Bonchev–Trinajstić information content (AvgIpc) is 2.42. The molecule has 1 N–H and O–H groups in total. The molecule has 0 radical (unpaired) electrons. The molecule has 1 amide bonds. The van der Waals surface area contributed by atoms with Gasteiger partial charge in [0.25, 0.3) is 5.91 Å². The first-order valence-corrected chi connectivity index (χ1v) is 5.75. The molecule has 0 aliphatic carbocycles. The fraction of sp³-hybridized carbons (Fsp3) is 0.143. The maximum absolute atomic E-state index is 11.9. The zero-order valence-electron chi connectivity index (χ0n) is 10.1. The molecule has 0 aliphatic rings. The zero-order chi connectivity index (χ0) is 12.8. The van der Waals surface area contributed by atoms with E-state index in [4.69, 9.17) is 4.74 Å². The molecule has 2 rings (SSSR count). The van der Waals surface area contributed by atoms with E-state index in [1.807, 2.05) is 25.1 Å². The van der Waals surface area contributed by atoms with Crippen molar-refractivity contribution in [2.45, 2.75) is 6.92 Å². The van der Waals surface area contributed by atoms with Crippen LogP contribution in [0.25, 0.3) is 0 Å². The fourth-order valence-corrected chi connectivity index (χ4v) is 1.48. The van der Waals surface area contributed by atoms with Gasteiger partial charge in [0.05, 0.1) is 18.5 Å². The van der Waals surface area contributed by atoms with Crippen molar-refractivity contribution in [2.24, 2.45) is 0 Å². The van der Waals surface area contributed by atoms with Crippen LogP contribution in [0.5, 0.6) is 5.88 Å². The zero-order valence-corrected chi connectivity index (χ0v) is 10.1. The van der Waals surface area contributed by atoms with Crippen LogP contribution in [0.3, 0.4) is 0 Å². The van der Waals surface area contributed by atoms with Gasteiger partial charge < -0.3 is 10.1 Å². The molecule has 0 atom stereocenters. The Bertz CT molecular complexity index is 509. The number of nitrogens with zero attached hydrogens (tertiary/aromatic N) is 1. The maximum Gasteiger partial charge on any atom is 0.255 e. The third kappa shape index (κ3) is 3.07. The van der Waals surface area contributed by atoms with Gasteiger partial charge in [-0.1, -0.05) is 18.2 Å². The molecule has 18 heavy (non-hydrogen) atoms. The van der Waals surface area contributed by atoms with Gasteiger partial charge in [0.15, 0.2) is 0 Å². The molecular weight excluding hydrogens is 228 g/mol. The van der Waals surface area contributed by atoms with Gasteiger partial charge in [0.2, 0.25) is 5.88 Å². The van der Waals surface area contributed by atoms with E-state index in [2.05, 4.69) is 10.3 Å². The molecule has 0 aliphatic heterocycles. The summed E-state index contributed by atoms with van der Waals surface area (Å²) in [6.07, 6.45) is 1.58. The Kier molecular flexibility index (Phi) is 3.91. The summed E-state index contributed by atoms with van der Waals surface area (Å²) >= 11 is 0. The van der Waals surface area contributed by atoms with Crippen LogP contribution < -0.4 is 10.1 Å². The first-order chi connectivity index (χ1) is 8.79. The number of carbonyl (C=O) groups is 1. The fourth-order valence-electron chi connectivity index (χ4n) is 1.48. The Balaban J connectivity index is 2.03. The largest absolute Gasteiger partial charge is 0.478 e. The van der Waals surface area contributed by atoms with Crippen LogP contribution in [0.4, 0.5) is 5.69 Å². The van der Waals surface area contributed by atoms with Crippen molar-refractivity contribution in [3.8, 4) is 5.88 Å². The standard InChI is InChI=1S/C14H14N2O2/c1-2-18-13-9-8-12(10-15-13)16-14(17)11-6-4-3-5-7-11/h3-10H,2H2,1H3,(H,16,17). The average molecular weight is 242 g/mol. The minimum Gasteiger partial charge on any atom is -0.478 e. The summed E-state index contributed by atoms with van der Waals surface area (Å²) in [5.74, 6) is 0.400. The SMILES string of the molecule is CCOc1ccc(NC(=O)c2ccccc2)cn1. The number of ether oxygens (including phenoxy) is 1. The van der Waals surface area contributed by atoms with Crippen molar-refractivity contribution in [2.75, 3.05) is 11.9 Å². The van der Waals surface area contributed by atoms with Gasteiger partial charge in [0.1, 0.15) is 0 Å². The lowest BCUT2D eigenvalue weighted by Crippen LogP contribution is -2.11. The molecule has 0 saturated heterocycles. The third-order valence-corrected chi connectivity index (χ3v) is 2.32. The predicted molar refractivity (Wildman–Crippen MR) is 69.8 cm³/mol. The Hall–Kier alpha value is -2.36. The van der Waals surface area contributed by atoms with Crippen molar-refractivity contribution in [3.05, 3.63) is 54.2 Å². The van der Waals surface area contributed by atoms with Crippen LogP contribution in [-0.2, 0) is 0 Å². The van der Waals surface area contributed by atoms with Gasteiger partial charge in [-0.2, -0.15) is 0 Å². The highest BCUT2D eigenvalue weighted by Gasteiger charge is 2.05. The quantitative estimate of drug-likeness (QED) is 0.896. The van der Waals surface area contributed by atoms with Crippen LogP contribution in [0, 0.1) is 0 Å². The van der Waals surface area contributed by atoms with E-state index < -0.39 is 0 Å². The van der Waals surface area contributed by atoms with Crippen LogP contribution in [0.1, 0.15) is 17.3 Å². The number of benzene rings is 1. The summed E-state index contributed by atoms with van der Waals surface area (Å²) in [6.45, 7) is 2.47. The van der Waals surface area contributed by atoms with Gasteiger partial charge in [-0.25, -0.2) is 4.98 Å². The first-order valence-electron chi connectivity index (χ1n) is 5.75. The van der Waals surface area contributed by atoms with E-state index in [1.54, 1.807) is 30.5 Å². The van der Waals surface area contributed by atoms with Crippen molar-refractivity contribution in [1.82, 2.24) is 4.98 Å². The number of carbonyl (C=O) groups excluding carboxylic acids is 1. The Morgan fingerprint density at radius 1 is 1.22 bits per heavy atom. The molecule has 4 heteroatoms. The number of hydrogen-bond donors (Lipinski definition) is 1. The summed E-state index contributed by atoms with van der Waals surface area (Å²) in [5.41, 5.74) is 1.26. The van der Waals surface area contributed by atoms with E-state index in [0.717, 1.165) is 0 Å². The highest BCUT2D eigenvalue weighted by Crippen LogP contribution is 2.12. The van der Waals surface area contributed by atoms with Crippen LogP contribution in [-0.4, -0.2) is 17.5 Å². The van der Waals surface area contributed by atoms with Crippen molar-refractivity contribution >= 4 is 11.6 Å². The molecule has 1 aromatic heterocycles. The van der Waals surface area contributed by atoms with E-state index in [1.165, 1.54) is 0 Å². The number of pyridine rings is 1. The third-order valence-electron chi connectivity index (χ3n) is 2.32. The van der Waals surface area contributed by atoms with Gasteiger partial charge in [-0.05, 0) is 25.1 Å². The summed E-state index contributed by atoms with van der Waals surface area (Å²) in [4.78, 5) is 15.9. The van der Waals surface area contributed by atoms with Crippen LogP contribution >= 0.6 is 0 Å². The Labute approximate surface area is 106 Å². The first kappa shape index (κ1) is 12.1. The number of aromatic nitrogens is 1. The minimum absolute atomic E-state index is 0.151. The highest BCUT2D eigenvalue weighted by atomic mass is 16.5. The molecule has 2 aromatic rings. The number of amides is 1. The van der Waals surface area contributed by atoms with E-state index in [-0.39, 0.29) is 5.91 Å². The minimum atomic E-state index is -0.151. The summed E-state index contributed by atoms with van der Waals surface area (Å²) in [6, 6.07) is 12.5. The molecule has 1 heterocycles. The molecule has 1 aromatic carbocycles. The molecule has 92 valence electrons. The second-order valence-corrected chi connectivity index (χ2v) is 3.64. The molecular formula is C14H14N2O2. The molecule has 4 nitrogen and oxygen atoms in total. The lowest BCUT2D eigenvalue weighted by Gasteiger charge is -2.06. The van der Waals surface area contributed by atoms with E-state index in [0.29, 0.717) is 23.7 Å².